The van der Waals surface area contributed by atoms with Gasteiger partial charge < -0.3 is 0 Å². The Bertz CT molecular complexity index is 727. The van der Waals surface area contributed by atoms with Crippen LogP contribution in [0, 0.1) is 0 Å². The Morgan fingerprint density at radius 2 is 1.67 bits per heavy atom. The molecule has 2 heterocycles. The van der Waals surface area contributed by atoms with Crippen molar-refractivity contribution >= 4 is 21.8 Å². The highest BCUT2D eigenvalue weighted by atomic mass is 32.2. The number of hydrogen-bond donors (Lipinski definition) is 0. The predicted molar refractivity (Wildman–Crippen MR) is 88.4 cm³/mol. The molecule has 8 heteroatoms. The standard InChI is InChI=1S/C16H21N3O4S/c1-17-15(20)11-14(16(17)21)18-7-9-19(10-8-18)24(22,23)12-13-5-3-2-4-6-13/h2-6,14H,7-12H2,1H3/t14-/m1/s1. The van der Waals surface area contributed by atoms with Gasteiger partial charge in [-0.1, -0.05) is 30.3 Å². The summed E-state index contributed by atoms with van der Waals surface area (Å²) in [5, 5.41) is 0. The third-order valence-corrected chi connectivity index (χ3v) is 6.51. The van der Waals surface area contributed by atoms with Crippen molar-refractivity contribution in [2.75, 3.05) is 33.2 Å². The Morgan fingerprint density at radius 3 is 2.21 bits per heavy atom. The van der Waals surface area contributed by atoms with E-state index in [1.165, 1.54) is 11.4 Å². The Morgan fingerprint density at radius 1 is 1.04 bits per heavy atom. The summed E-state index contributed by atoms with van der Waals surface area (Å²) in [5.74, 6) is -0.387. The molecule has 3 rings (SSSR count). The fourth-order valence-electron chi connectivity index (χ4n) is 3.19. The zero-order valence-electron chi connectivity index (χ0n) is 13.6. The molecule has 1 aromatic carbocycles. The maximum Gasteiger partial charge on any atom is 0.246 e. The number of carbonyl (C=O) groups excluding carboxylic acids is 2. The second-order valence-corrected chi connectivity index (χ2v) is 8.16. The van der Waals surface area contributed by atoms with E-state index in [9.17, 15) is 18.0 Å². The third kappa shape index (κ3) is 3.35. The van der Waals surface area contributed by atoms with Gasteiger partial charge in [-0.3, -0.25) is 19.4 Å². The highest BCUT2D eigenvalue weighted by molar-refractivity contribution is 7.88. The molecule has 0 unspecified atom stereocenters. The highest BCUT2D eigenvalue weighted by Gasteiger charge is 2.41. The largest absolute Gasteiger partial charge is 0.289 e. The predicted octanol–water partition coefficient (Wildman–Crippen LogP) is -0.109. The minimum absolute atomic E-state index is 0.0164. The van der Waals surface area contributed by atoms with Crippen molar-refractivity contribution in [1.82, 2.24) is 14.1 Å². The number of benzene rings is 1. The summed E-state index contributed by atoms with van der Waals surface area (Å²) < 4.78 is 26.5. The molecule has 7 nitrogen and oxygen atoms in total. The monoisotopic (exact) mass is 351 g/mol. The Balaban J connectivity index is 1.61. The molecule has 0 saturated carbocycles. The summed E-state index contributed by atoms with van der Waals surface area (Å²) in [6, 6.07) is 8.65. The van der Waals surface area contributed by atoms with Crippen LogP contribution >= 0.6 is 0 Å². The molecule has 1 atom stereocenters. The van der Waals surface area contributed by atoms with Crippen LogP contribution in [0.1, 0.15) is 12.0 Å². The van der Waals surface area contributed by atoms with Gasteiger partial charge in [0.2, 0.25) is 21.8 Å². The van der Waals surface area contributed by atoms with Gasteiger partial charge in [-0.2, -0.15) is 4.31 Å². The summed E-state index contributed by atoms with van der Waals surface area (Å²) in [7, 11) is -1.88. The van der Waals surface area contributed by atoms with Gasteiger partial charge in [-0.15, -0.1) is 0 Å². The number of likely N-dealkylation sites (N-methyl/N-ethyl adjacent to an activating group) is 1. The van der Waals surface area contributed by atoms with Gasteiger partial charge >= 0.3 is 0 Å². The van der Waals surface area contributed by atoms with Crippen molar-refractivity contribution in [2.24, 2.45) is 0 Å². The number of sulfonamides is 1. The SMILES string of the molecule is CN1C(=O)C[C@@H](N2CCN(S(=O)(=O)Cc3ccccc3)CC2)C1=O. The summed E-state index contributed by atoms with van der Waals surface area (Å²) >= 11 is 0. The Kier molecular flexibility index (Phi) is 4.71. The van der Waals surface area contributed by atoms with Crippen molar-refractivity contribution < 1.29 is 18.0 Å². The normalized spacial score (nSPS) is 23.9. The van der Waals surface area contributed by atoms with Gasteiger partial charge in [0.15, 0.2) is 0 Å². The molecule has 2 amide bonds. The van der Waals surface area contributed by atoms with Crippen LogP contribution in [0.4, 0.5) is 0 Å². The van der Waals surface area contributed by atoms with Crippen molar-refractivity contribution in [3.05, 3.63) is 35.9 Å². The van der Waals surface area contributed by atoms with Crippen molar-refractivity contribution in [3.8, 4) is 0 Å². The summed E-state index contributed by atoms with van der Waals surface area (Å²) in [5.41, 5.74) is 0.762. The first-order valence-electron chi connectivity index (χ1n) is 7.95. The fraction of sp³-hybridized carbons (Fsp3) is 0.500. The number of amides is 2. The second kappa shape index (κ2) is 6.62. The average molecular weight is 351 g/mol. The van der Waals surface area contributed by atoms with Crippen LogP contribution < -0.4 is 0 Å². The van der Waals surface area contributed by atoms with Gasteiger partial charge in [-0.05, 0) is 5.56 Å². The van der Waals surface area contributed by atoms with E-state index in [4.69, 9.17) is 0 Å². The smallest absolute Gasteiger partial charge is 0.246 e. The minimum atomic E-state index is -3.37. The van der Waals surface area contributed by atoms with Crippen molar-refractivity contribution in [3.63, 3.8) is 0 Å². The molecule has 2 aliphatic rings. The van der Waals surface area contributed by atoms with Crippen LogP contribution in [0.3, 0.4) is 0 Å². The summed E-state index contributed by atoms with van der Waals surface area (Å²) in [4.78, 5) is 26.8. The van der Waals surface area contributed by atoms with Crippen LogP contribution in [0.5, 0.6) is 0 Å². The van der Waals surface area contributed by atoms with Gasteiger partial charge in [0, 0.05) is 33.2 Å². The van der Waals surface area contributed by atoms with E-state index < -0.39 is 16.1 Å². The van der Waals surface area contributed by atoms with Crippen LogP contribution in [-0.2, 0) is 25.4 Å². The number of carbonyl (C=O) groups is 2. The van der Waals surface area contributed by atoms with Crippen molar-refractivity contribution in [1.29, 1.82) is 0 Å². The molecule has 0 bridgehead atoms. The molecule has 130 valence electrons. The molecule has 2 saturated heterocycles. The van der Waals surface area contributed by atoms with E-state index in [1.807, 2.05) is 23.1 Å². The molecular weight excluding hydrogens is 330 g/mol. The van der Waals surface area contributed by atoms with E-state index in [-0.39, 0.29) is 24.0 Å². The van der Waals surface area contributed by atoms with Gasteiger partial charge in [0.1, 0.15) is 0 Å². The zero-order chi connectivity index (χ0) is 17.3. The minimum Gasteiger partial charge on any atom is -0.289 e. The maximum atomic E-state index is 12.5. The lowest BCUT2D eigenvalue weighted by atomic mass is 10.2. The second-order valence-electron chi connectivity index (χ2n) is 6.19. The lowest BCUT2D eigenvalue weighted by molar-refractivity contribution is -0.138. The first-order chi connectivity index (χ1) is 11.4. The average Bonchev–Trinajstić information content (AvgIpc) is 2.83. The molecule has 24 heavy (non-hydrogen) atoms. The molecule has 1 aromatic rings. The lowest BCUT2D eigenvalue weighted by Crippen LogP contribution is -2.53. The molecular formula is C16H21N3O4S. The fourth-order valence-corrected chi connectivity index (χ4v) is 4.71. The molecule has 2 aliphatic heterocycles. The lowest BCUT2D eigenvalue weighted by Gasteiger charge is -2.36. The van der Waals surface area contributed by atoms with Crippen LogP contribution in [0.15, 0.2) is 30.3 Å². The number of imide groups is 1. The number of rotatable bonds is 4. The quantitative estimate of drug-likeness (QED) is 0.708. The first-order valence-corrected chi connectivity index (χ1v) is 9.55. The first kappa shape index (κ1) is 17.1. The zero-order valence-corrected chi connectivity index (χ0v) is 14.4. The number of nitrogens with zero attached hydrogens (tertiary/aromatic N) is 3. The molecule has 0 aromatic heterocycles. The van der Waals surface area contributed by atoms with E-state index in [0.717, 1.165) is 10.5 Å². The molecule has 0 N–H and O–H groups in total. The molecule has 2 fully saturated rings. The van der Waals surface area contributed by atoms with E-state index in [0.29, 0.717) is 26.2 Å². The van der Waals surface area contributed by atoms with Crippen LogP contribution in [0.2, 0.25) is 0 Å². The van der Waals surface area contributed by atoms with Crippen LogP contribution in [0.25, 0.3) is 0 Å². The van der Waals surface area contributed by atoms with Gasteiger partial charge in [-0.25, -0.2) is 8.42 Å². The van der Waals surface area contributed by atoms with E-state index >= 15 is 0 Å². The number of hydrogen-bond acceptors (Lipinski definition) is 5. The van der Waals surface area contributed by atoms with Crippen LogP contribution in [-0.4, -0.2) is 73.6 Å². The number of likely N-dealkylation sites (tertiary alicyclic amines) is 1. The molecule has 0 spiro atoms. The Hall–Kier alpha value is -1.77. The number of piperazine rings is 1. The molecule has 0 radical (unpaired) electrons. The topological polar surface area (TPSA) is 78.0 Å². The Labute approximate surface area is 141 Å². The highest BCUT2D eigenvalue weighted by Crippen LogP contribution is 2.20. The van der Waals surface area contributed by atoms with E-state index in [1.54, 1.807) is 12.1 Å². The van der Waals surface area contributed by atoms with E-state index in [2.05, 4.69) is 0 Å². The summed E-state index contributed by atoms with van der Waals surface area (Å²) in [6.45, 7) is 1.62. The van der Waals surface area contributed by atoms with Gasteiger partial charge in [0.05, 0.1) is 18.2 Å². The van der Waals surface area contributed by atoms with Crippen molar-refractivity contribution in [2.45, 2.75) is 18.2 Å². The van der Waals surface area contributed by atoms with Gasteiger partial charge in [0.25, 0.3) is 0 Å². The maximum absolute atomic E-state index is 12.5. The molecule has 0 aliphatic carbocycles. The summed E-state index contributed by atoms with van der Waals surface area (Å²) in [6.07, 6.45) is 0.187. The third-order valence-electron chi connectivity index (χ3n) is 4.66.